The Balaban J connectivity index is 2.01. The largest absolute Gasteiger partial charge is 0.489 e. The number of fused-ring (bicyclic) bond motifs is 1. The molecular formula is C11H14N2O3. The minimum absolute atomic E-state index is 0.0484. The number of rotatable bonds is 3. The number of nitrogen functional groups attached to an aromatic ring is 1. The Kier molecular flexibility index (Phi) is 2.85. The van der Waals surface area contributed by atoms with Crippen LogP contribution in [0.2, 0.25) is 0 Å². The Labute approximate surface area is 93.2 Å². The van der Waals surface area contributed by atoms with Crippen LogP contribution in [0.3, 0.4) is 0 Å². The van der Waals surface area contributed by atoms with Crippen molar-refractivity contribution in [2.45, 2.75) is 18.9 Å². The summed E-state index contributed by atoms with van der Waals surface area (Å²) < 4.78 is 5.51. The zero-order chi connectivity index (χ0) is 11.5. The van der Waals surface area contributed by atoms with Gasteiger partial charge in [0.25, 0.3) is 0 Å². The second-order valence-electron chi connectivity index (χ2n) is 3.84. The van der Waals surface area contributed by atoms with Crippen molar-refractivity contribution < 1.29 is 14.6 Å². The predicted octanol–water partition coefficient (Wildman–Crippen LogP) is 1.31. The highest BCUT2D eigenvalue weighted by atomic mass is 16.5. The lowest BCUT2D eigenvalue weighted by molar-refractivity contribution is -0.137. The Hall–Kier alpha value is -1.91. The molecule has 0 saturated carbocycles. The molecule has 0 spiro atoms. The fourth-order valence-electron chi connectivity index (χ4n) is 1.68. The minimum Gasteiger partial charge on any atom is -0.489 e. The number of nitrogens with two attached hydrogens (primary N) is 1. The van der Waals surface area contributed by atoms with E-state index < -0.39 is 5.97 Å². The first-order chi connectivity index (χ1) is 7.65. The zero-order valence-electron chi connectivity index (χ0n) is 8.77. The maximum Gasteiger partial charge on any atom is 0.303 e. The van der Waals surface area contributed by atoms with Gasteiger partial charge in [-0.3, -0.25) is 4.79 Å². The molecule has 1 atom stereocenters. The smallest absolute Gasteiger partial charge is 0.303 e. The van der Waals surface area contributed by atoms with Gasteiger partial charge in [-0.25, -0.2) is 0 Å². The molecule has 1 aromatic rings. The van der Waals surface area contributed by atoms with Crippen LogP contribution in [0.1, 0.15) is 12.8 Å². The molecule has 1 aliphatic rings. The zero-order valence-corrected chi connectivity index (χ0v) is 8.77. The van der Waals surface area contributed by atoms with Crippen LogP contribution in [0.4, 0.5) is 11.4 Å². The molecule has 0 fully saturated rings. The van der Waals surface area contributed by atoms with Crippen molar-refractivity contribution in [3.8, 4) is 5.75 Å². The van der Waals surface area contributed by atoms with Gasteiger partial charge in [-0.05, 0) is 18.6 Å². The number of ether oxygens (including phenoxy) is 1. The van der Waals surface area contributed by atoms with Gasteiger partial charge in [0.2, 0.25) is 0 Å². The summed E-state index contributed by atoms with van der Waals surface area (Å²) in [6, 6.07) is 5.44. The minimum atomic E-state index is -0.787. The lowest BCUT2D eigenvalue weighted by Gasteiger charge is -2.27. The molecule has 5 nitrogen and oxygen atoms in total. The van der Waals surface area contributed by atoms with Crippen molar-refractivity contribution in [3.05, 3.63) is 18.2 Å². The maximum atomic E-state index is 10.4. The molecule has 5 heteroatoms. The van der Waals surface area contributed by atoms with Gasteiger partial charge in [0.1, 0.15) is 12.4 Å². The van der Waals surface area contributed by atoms with E-state index in [2.05, 4.69) is 5.32 Å². The summed E-state index contributed by atoms with van der Waals surface area (Å²) in [5.74, 6) is -0.0588. The van der Waals surface area contributed by atoms with Crippen molar-refractivity contribution in [3.63, 3.8) is 0 Å². The second kappa shape index (κ2) is 4.30. The summed E-state index contributed by atoms with van der Waals surface area (Å²) in [7, 11) is 0. The lowest BCUT2D eigenvalue weighted by atomic mass is 10.1. The summed E-state index contributed by atoms with van der Waals surface area (Å²) in [6.07, 6.45) is 0.699. The van der Waals surface area contributed by atoms with Gasteiger partial charge >= 0.3 is 5.97 Å². The van der Waals surface area contributed by atoms with Gasteiger partial charge in [-0.1, -0.05) is 0 Å². The fraction of sp³-hybridized carbons (Fsp3) is 0.364. The average molecular weight is 222 g/mol. The molecule has 16 heavy (non-hydrogen) atoms. The predicted molar refractivity (Wildman–Crippen MR) is 60.6 cm³/mol. The molecule has 0 saturated heterocycles. The molecule has 2 rings (SSSR count). The summed E-state index contributed by atoms with van der Waals surface area (Å²) in [4.78, 5) is 10.4. The maximum absolute atomic E-state index is 10.4. The molecule has 1 unspecified atom stereocenters. The SMILES string of the molecule is Nc1ccc2c(c1)OCC(CCC(=O)O)N2. The number of hydrogen-bond donors (Lipinski definition) is 3. The number of anilines is 2. The van der Waals surface area contributed by atoms with Crippen molar-refractivity contribution in [1.82, 2.24) is 0 Å². The Morgan fingerprint density at radius 2 is 2.44 bits per heavy atom. The van der Waals surface area contributed by atoms with E-state index in [4.69, 9.17) is 15.6 Å². The van der Waals surface area contributed by atoms with Gasteiger partial charge in [0.05, 0.1) is 11.7 Å². The number of benzene rings is 1. The Bertz CT molecular complexity index is 406. The van der Waals surface area contributed by atoms with Crippen LogP contribution < -0.4 is 15.8 Å². The van der Waals surface area contributed by atoms with Gasteiger partial charge in [-0.2, -0.15) is 0 Å². The van der Waals surface area contributed by atoms with Crippen LogP contribution in [0.25, 0.3) is 0 Å². The highest BCUT2D eigenvalue weighted by Crippen LogP contribution is 2.31. The van der Waals surface area contributed by atoms with Crippen molar-refractivity contribution in [2.24, 2.45) is 0 Å². The molecule has 1 aliphatic heterocycles. The van der Waals surface area contributed by atoms with E-state index in [0.29, 0.717) is 18.7 Å². The monoisotopic (exact) mass is 222 g/mol. The van der Waals surface area contributed by atoms with Gasteiger partial charge in [0.15, 0.2) is 0 Å². The molecule has 0 amide bonds. The number of carboxylic acid groups (broad SMARTS) is 1. The fourth-order valence-corrected chi connectivity index (χ4v) is 1.68. The number of hydrogen-bond acceptors (Lipinski definition) is 4. The van der Waals surface area contributed by atoms with Crippen LogP contribution in [0.15, 0.2) is 18.2 Å². The third-order valence-corrected chi connectivity index (χ3v) is 2.51. The first-order valence-corrected chi connectivity index (χ1v) is 5.16. The molecule has 0 radical (unpaired) electrons. The van der Waals surface area contributed by atoms with Crippen LogP contribution >= 0.6 is 0 Å². The molecule has 86 valence electrons. The molecule has 1 heterocycles. The molecule has 1 aromatic carbocycles. The van der Waals surface area contributed by atoms with E-state index in [1.165, 1.54) is 0 Å². The summed E-state index contributed by atoms with van der Waals surface area (Å²) in [6.45, 7) is 0.476. The van der Waals surface area contributed by atoms with E-state index in [0.717, 1.165) is 11.4 Å². The molecule has 0 bridgehead atoms. The lowest BCUT2D eigenvalue weighted by Crippen LogP contribution is -2.31. The molecule has 0 aromatic heterocycles. The van der Waals surface area contributed by atoms with Crippen LogP contribution in [-0.2, 0) is 4.79 Å². The third kappa shape index (κ3) is 2.36. The topological polar surface area (TPSA) is 84.6 Å². The molecule has 0 aliphatic carbocycles. The first kappa shape index (κ1) is 10.6. The van der Waals surface area contributed by atoms with E-state index in [9.17, 15) is 4.79 Å². The van der Waals surface area contributed by atoms with Crippen LogP contribution in [-0.4, -0.2) is 23.7 Å². The van der Waals surface area contributed by atoms with E-state index in [1.807, 2.05) is 6.07 Å². The normalized spacial score (nSPS) is 18.1. The van der Waals surface area contributed by atoms with Gasteiger partial charge < -0.3 is 20.9 Å². The van der Waals surface area contributed by atoms with Crippen molar-refractivity contribution >= 4 is 17.3 Å². The van der Waals surface area contributed by atoms with Gasteiger partial charge in [-0.15, -0.1) is 0 Å². The van der Waals surface area contributed by atoms with E-state index in [-0.39, 0.29) is 12.5 Å². The standard InChI is InChI=1S/C11H14N2O3/c12-7-1-3-9-10(5-7)16-6-8(13-9)2-4-11(14)15/h1,3,5,8,13H,2,4,6,12H2,(H,14,15). The van der Waals surface area contributed by atoms with E-state index in [1.54, 1.807) is 12.1 Å². The van der Waals surface area contributed by atoms with Crippen molar-refractivity contribution in [2.75, 3.05) is 17.7 Å². The van der Waals surface area contributed by atoms with Gasteiger partial charge in [0, 0.05) is 18.2 Å². The Morgan fingerprint density at radius 1 is 1.62 bits per heavy atom. The quantitative estimate of drug-likeness (QED) is 0.671. The van der Waals surface area contributed by atoms with Crippen LogP contribution in [0.5, 0.6) is 5.75 Å². The summed E-state index contributed by atoms with van der Waals surface area (Å²) in [5, 5.41) is 11.8. The number of nitrogens with one attached hydrogen (secondary N) is 1. The number of carboxylic acids is 1. The van der Waals surface area contributed by atoms with Crippen LogP contribution in [0, 0.1) is 0 Å². The van der Waals surface area contributed by atoms with Crippen molar-refractivity contribution in [1.29, 1.82) is 0 Å². The number of carbonyl (C=O) groups is 1. The first-order valence-electron chi connectivity index (χ1n) is 5.16. The average Bonchev–Trinajstić information content (AvgIpc) is 2.26. The third-order valence-electron chi connectivity index (χ3n) is 2.51. The highest BCUT2D eigenvalue weighted by molar-refractivity contribution is 5.67. The molecule has 4 N–H and O–H groups in total. The highest BCUT2D eigenvalue weighted by Gasteiger charge is 2.19. The molecular weight excluding hydrogens is 208 g/mol. The number of aliphatic carboxylic acids is 1. The summed E-state index contributed by atoms with van der Waals surface area (Å²) in [5.41, 5.74) is 7.16. The second-order valence-corrected chi connectivity index (χ2v) is 3.84. The summed E-state index contributed by atoms with van der Waals surface area (Å²) >= 11 is 0. The van der Waals surface area contributed by atoms with E-state index >= 15 is 0 Å². The Morgan fingerprint density at radius 3 is 3.19 bits per heavy atom.